The van der Waals surface area contributed by atoms with Crippen LogP contribution < -0.4 is 4.74 Å². The van der Waals surface area contributed by atoms with E-state index >= 15 is 0 Å². The predicted molar refractivity (Wildman–Crippen MR) is 154 cm³/mol. The van der Waals surface area contributed by atoms with E-state index in [0.717, 1.165) is 30.1 Å². The van der Waals surface area contributed by atoms with Crippen molar-refractivity contribution in [2.45, 2.75) is 129 Å². The largest absolute Gasteiger partial charge is 0.494 e. The smallest absolute Gasteiger partial charge is 0.119 e. The summed E-state index contributed by atoms with van der Waals surface area (Å²) >= 11 is 0. The van der Waals surface area contributed by atoms with Gasteiger partial charge in [0.2, 0.25) is 0 Å². The van der Waals surface area contributed by atoms with Crippen LogP contribution in [0.3, 0.4) is 0 Å². The highest BCUT2D eigenvalue weighted by atomic mass is 16.5. The predicted octanol–water partition coefficient (Wildman–Crippen LogP) is 10.9. The van der Waals surface area contributed by atoms with Crippen LogP contribution in [0.15, 0.2) is 42.5 Å². The van der Waals surface area contributed by atoms with Gasteiger partial charge in [0.05, 0.1) is 6.61 Å². The topological polar surface area (TPSA) is 9.23 Å². The van der Waals surface area contributed by atoms with Gasteiger partial charge >= 0.3 is 0 Å². The number of unbranched alkanes of at least 4 members (excludes halogenated alkanes) is 10. The van der Waals surface area contributed by atoms with Crippen molar-refractivity contribution in [1.82, 2.24) is 0 Å². The molecule has 0 saturated heterocycles. The maximum Gasteiger partial charge on any atom is 0.119 e. The van der Waals surface area contributed by atoms with Gasteiger partial charge in [-0.3, -0.25) is 0 Å². The van der Waals surface area contributed by atoms with E-state index in [9.17, 15) is 0 Å². The molecule has 1 saturated carbocycles. The average Bonchev–Trinajstić information content (AvgIpc) is 2.91. The normalized spacial score (nSPS) is 22.2. The Balaban J connectivity index is 1.30. The summed E-state index contributed by atoms with van der Waals surface area (Å²) in [6.07, 6.45) is 32.4. The highest BCUT2D eigenvalue weighted by molar-refractivity contribution is 5.75. The first kappa shape index (κ1) is 28.1. The third-order valence-corrected chi connectivity index (χ3v) is 8.55. The zero-order chi connectivity index (χ0) is 24.6. The van der Waals surface area contributed by atoms with Crippen molar-refractivity contribution in [2.75, 3.05) is 6.61 Å². The summed E-state index contributed by atoms with van der Waals surface area (Å²) in [7, 11) is 0. The molecule has 35 heavy (non-hydrogen) atoms. The second-order valence-electron chi connectivity index (χ2n) is 11.4. The molecule has 2 aliphatic rings. The van der Waals surface area contributed by atoms with E-state index in [1.165, 1.54) is 127 Å². The van der Waals surface area contributed by atoms with Crippen LogP contribution in [-0.2, 0) is 0 Å². The number of ether oxygens (including phenoxy) is 1. The highest BCUT2D eigenvalue weighted by Crippen LogP contribution is 2.39. The lowest BCUT2D eigenvalue weighted by Gasteiger charge is -2.33. The Bertz CT molecular complexity index is 719. The lowest BCUT2D eigenvalue weighted by molar-refractivity contribution is 0.218. The summed E-state index contributed by atoms with van der Waals surface area (Å²) in [5.74, 6) is 3.69. The Labute approximate surface area is 217 Å². The lowest BCUT2D eigenvalue weighted by atomic mass is 9.72. The van der Waals surface area contributed by atoms with Crippen molar-refractivity contribution in [3.05, 3.63) is 48.1 Å². The Morgan fingerprint density at radius 2 is 1.34 bits per heavy atom. The van der Waals surface area contributed by atoms with Crippen LogP contribution in [0.2, 0.25) is 0 Å². The molecule has 1 aromatic rings. The molecule has 1 heteroatoms. The van der Waals surface area contributed by atoms with Crippen molar-refractivity contribution < 1.29 is 4.74 Å². The van der Waals surface area contributed by atoms with Gasteiger partial charge < -0.3 is 4.74 Å². The van der Waals surface area contributed by atoms with Crippen molar-refractivity contribution in [2.24, 2.45) is 17.8 Å². The molecule has 2 aliphatic carbocycles. The van der Waals surface area contributed by atoms with Crippen LogP contribution >= 0.6 is 0 Å². The fourth-order valence-electron chi connectivity index (χ4n) is 6.14. The summed E-state index contributed by atoms with van der Waals surface area (Å²) in [6.45, 7) is 5.42. The Kier molecular flexibility index (Phi) is 13.7. The molecule has 0 bridgehead atoms. The number of hydrogen-bond acceptors (Lipinski definition) is 1. The van der Waals surface area contributed by atoms with E-state index in [1.807, 2.05) is 0 Å². The van der Waals surface area contributed by atoms with Gasteiger partial charge in [0.25, 0.3) is 0 Å². The molecular weight excluding hydrogens is 424 g/mol. The van der Waals surface area contributed by atoms with Gasteiger partial charge in [-0.1, -0.05) is 134 Å². The third-order valence-electron chi connectivity index (χ3n) is 8.55. The molecule has 0 radical (unpaired) electrons. The molecule has 1 nitrogen and oxygen atoms in total. The first-order valence-corrected chi connectivity index (χ1v) is 15.4. The molecule has 0 heterocycles. The van der Waals surface area contributed by atoms with Gasteiger partial charge in [0, 0.05) is 0 Å². The van der Waals surface area contributed by atoms with Gasteiger partial charge in [-0.2, -0.15) is 0 Å². The van der Waals surface area contributed by atoms with Crippen LogP contribution in [-0.4, -0.2) is 6.61 Å². The molecule has 1 atom stereocenters. The average molecular weight is 479 g/mol. The molecule has 1 fully saturated rings. The van der Waals surface area contributed by atoms with Crippen LogP contribution in [0, 0.1) is 17.8 Å². The van der Waals surface area contributed by atoms with E-state index in [0.29, 0.717) is 0 Å². The molecule has 0 amide bonds. The molecule has 1 aromatic carbocycles. The van der Waals surface area contributed by atoms with E-state index in [1.54, 1.807) is 0 Å². The zero-order valence-electron chi connectivity index (χ0n) is 23.1. The molecule has 0 spiro atoms. The maximum absolute atomic E-state index is 5.97. The Morgan fingerprint density at radius 3 is 1.97 bits per heavy atom. The standard InChI is InChI=1S/C34H54O/c1-3-5-7-9-11-13-15-29-16-18-30(19-17-29)31-20-22-32(23-21-31)33-24-26-34(27-25-33)35-28-14-12-10-8-6-4-2/h20,22-27,29-31H,3-19,21,28H2,1-2H3/t29-,30-,31?. The molecule has 0 aromatic heterocycles. The highest BCUT2D eigenvalue weighted by Gasteiger charge is 2.26. The van der Waals surface area contributed by atoms with Gasteiger partial charge in [0.1, 0.15) is 5.75 Å². The molecule has 3 rings (SSSR count). The quantitative estimate of drug-likeness (QED) is 0.202. The Morgan fingerprint density at radius 1 is 0.714 bits per heavy atom. The monoisotopic (exact) mass is 478 g/mol. The summed E-state index contributed by atoms with van der Waals surface area (Å²) < 4.78 is 5.97. The minimum atomic E-state index is 0.758. The maximum atomic E-state index is 5.97. The van der Waals surface area contributed by atoms with Gasteiger partial charge in [0.15, 0.2) is 0 Å². The Hall–Kier alpha value is -1.50. The third kappa shape index (κ3) is 10.6. The van der Waals surface area contributed by atoms with Gasteiger partial charge in [-0.05, 0) is 66.7 Å². The van der Waals surface area contributed by atoms with Crippen LogP contribution in [0.5, 0.6) is 5.75 Å². The fourth-order valence-corrected chi connectivity index (χ4v) is 6.14. The first-order chi connectivity index (χ1) is 17.3. The number of rotatable bonds is 17. The second-order valence-corrected chi connectivity index (χ2v) is 11.4. The summed E-state index contributed by atoms with van der Waals surface area (Å²) in [6, 6.07) is 8.78. The number of hydrogen-bond donors (Lipinski definition) is 0. The van der Waals surface area contributed by atoms with E-state index in [-0.39, 0.29) is 0 Å². The lowest BCUT2D eigenvalue weighted by Crippen LogP contribution is -2.21. The van der Waals surface area contributed by atoms with E-state index in [4.69, 9.17) is 4.74 Å². The van der Waals surface area contributed by atoms with E-state index in [2.05, 4.69) is 56.3 Å². The zero-order valence-corrected chi connectivity index (χ0v) is 23.1. The summed E-state index contributed by atoms with van der Waals surface area (Å²) in [4.78, 5) is 0. The van der Waals surface area contributed by atoms with Crippen LogP contribution in [0.25, 0.3) is 5.57 Å². The van der Waals surface area contributed by atoms with Crippen molar-refractivity contribution in [1.29, 1.82) is 0 Å². The summed E-state index contributed by atoms with van der Waals surface area (Å²) in [5.41, 5.74) is 2.72. The van der Waals surface area contributed by atoms with E-state index < -0.39 is 0 Å². The SMILES string of the molecule is CCCCCCCCOc1ccc(C2=CCC([C@H]3CC[C@H](CCCCCCCC)CC3)C=C2)cc1. The van der Waals surface area contributed by atoms with Crippen molar-refractivity contribution >= 4 is 5.57 Å². The molecular formula is C34H54O. The number of benzene rings is 1. The summed E-state index contributed by atoms with van der Waals surface area (Å²) in [5, 5.41) is 0. The molecule has 0 aliphatic heterocycles. The van der Waals surface area contributed by atoms with Gasteiger partial charge in [-0.25, -0.2) is 0 Å². The second kappa shape index (κ2) is 17.0. The fraction of sp³-hybridized carbons (Fsp3) is 0.706. The van der Waals surface area contributed by atoms with Crippen molar-refractivity contribution in [3.63, 3.8) is 0 Å². The first-order valence-electron chi connectivity index (χ1n) is 15.4. The molecule has 0 N–H and O–H groups in total. The minimum absolute atomic E-state index is 0.758. The van der Waals surface area contributed by atoms with Gasteiger partial charge in [-0.15, -0.1) is 0 Å². The molecule has 1 unspecified atom stereocenters. The number of allylic oxidation sites excluding steroid dienone is 4. The minimum Gasteiger partial charge on any atom is -0.494 e. The van der Waals surface area contributed by atoms with Crippen molar-refractivity contribution in [3.8, 4) is 5.75 Å². The molecule has 196 valence electrons. The van der Waals surface area contributed by atoms with Crippen LogP contribution in [0.4, 0.5) is 0 Å². The van der Waals surface area contributed by atoms with Crippen LogP contribution in [0.1, 0.15) is 135 Å².